The molecule has 0 radical (unpaired) electrons. The molecule has 0 amide bonds. The van der Waals surface area contributed by atoms with Crippen molar-refractivity contribution in [2.45, 2.75) is 24.9 Å². The molecule has 0 saturated heterocycles. The van der Waals surface area contributed by atoms with Crippen molar-refractivity contribution >= 4 is 5.78 Å². The van der Waals surface area contributed by atoms with Crippen molar-refractivity contribution in [3.8, 4) is 0 Å². The van der Waals surface area contributed by atoms with E-state index in [-0.39, 0.29) is 0 Å². The van der Waals surface area contributed by atoms with Crippen LogP contribution in [0.3, 0.4) is 0 Å². The van der Waals surface area contributed by atoms with E-state index in [1.807, 2.05) is 0 Å². The first-order valence-electron chi connectivity index (χ1n) is 4.89. The molecule has 0 saturated carbocycles. The Hall–Kier alpha value is -1.57. The zero-order valence-electron chi connectivity index (χ0n) is 9.43. The van der Waals surface area contributed by atoms with Crippen molar-refractivity contribution in [2.75, 3.05) is 0 Å². The number of Topliss-reactive ketones (excluding diaryl/α,β-unsaturated/α-hetero) is 1. The monoisotopic (exact) mass is 286 g/mol. The van der Waals surface area contributed by atoms with Crippen LogP contribution in [0.2, 0.25) is 0 Å². The largest absolute Gasteiger partial charge is 0.430 e. The molecule has 19 heavy (non-hydrogen) atoms. The first kappa shape index (κ1) is 15.5. The summed E-state index contributed by atoms with van der Waals surface area (Å²) in [7, 11) is 0. The number of carbonyl (C=O) groups excluding carboxylic acids is 1. The Morgan fingerprint density at radius 2 is 1.42 bits per heavy atom. The van der Waals surface area contributed by atoms with Gasteiger partial charge in [0, 0.05) is 11.1 Å². The minimum absolute atomic E-state index is 0.428. The molecule has 2 nitrogen and oxygen atoms in total. The maximum atomic E-state index is 12.6. The van der Waals surface area contributed by atoms with E-state index in [2.05, 4.69) is 0 Å². The Bertz CT molecular complexity index is 475. The van der Waals surface area contributed by atoms with Gasteiger partial charge in [0.2, 0.25) is 0 Å². The molecule has 0 fully saturated rings. The predicted octanol–water partition coefficient (Wildman–Crippen LogP) is 3.20. The first-order chi connectivity index (χ1) is 8.43. The normalized spacial score (nSPS) is 13.5. The summed E-state index contributed by atoms with van der Waals surface area (Å²) in [5.74, 6) is -1.01. The van der Waals surface area contributed by atoms with Gasteiger partial charge in [-0.1, -0.05) is 24.3 Å². The van der Waals surface area contributed by atoms with Crippen LogP contribution < -0.4 is 0 Å². The van der Waals surface area contributed by atoms with Crippen LogP contribution in [-0.4, -0.2) is 23.2 Å². The molecule has 1 aromatic carbocycles. The third kappa shape index (κ3) is 2.44. The van der Waals surface area contributed by atoms with Crippen LogP contribution in [0, 0.1) is 0 Å². The Balaban J connectivity index is 3.67. The highest BCUT2D eigenvalue weighted by atomic mass is 19.4. The molecule has 1 aromatic rings. The number of ketones is 1. The molecule has 0 aliphatic heterocycles. The SMILES string of the molecule is CC(=O)c1ccccc1C(O)(C(F)(F)F)C(F)(F)F. The second-order valence-electron chi connectivity index (χ2n) is 3.81. The summed E-state index contributed by atoms with van der Waals surface area (Å²) in [6.45, 7) is 0.812. The average Bonchev–Trinajstić information content (AvgIpc) is 2.24. The molecule has 0 unspecified atom stereocenters. The first-order valence-corrected chi connectivity index (χ1v) is 4.89. The van der Waals surface area contributed by atoms with Gasteiger partial charge in [0.25, 0.3) is 5.60 Å². The van der Waals surface area contributed by atoms with Crippen LogP contribution in [0.25, 0.3) is 0 Å². The summed E-state index contributed by atoms with van der Waals surface area (Å²) >= 11 is 0. The molecule has 8 heteroatoms. The van der Waals surface area contributed by atoms with Crippen molar-refractivity contribution in [3.63, 3.8) is 0 Å². The third-order valence-corrected chi connectivity index (χ3v) is 2.52. The van der Waals surface area contributed by atoms with Gasteiger partial charge in [-0.05, 0) is 6.92 Å². The average molecular weight is 286 g/mol. The fourth-order valence-electron chi connectivity index (χ4n) is 1.57. The summed E-state index contributed by atoms with van der Waals surface area (Å²) in [6.07, 6.45) is -12.0. The van der Waals surface area contributed by atoms with E-state index in [9.17, 15) is 36.2 Å². The van der Waals surface area contributed by atoms with Crippen molar-refractivity contribution in [2.24, 2.45) is 0 Å². The second-order valence-corrected chi connectivity index (χ2v) is 3.81. The van der Waals surface area contributed by atoms with Crippen LogP contribution in [0.4, 0.5) is 26.3 Å². The van der Waals surface area contributed by atoms with Crippen molar-refractivity contribution < 1.29 is 36.2 Å². The third-order valence-electron chi connectivity index (χ3n) is 2.52. The Labute approximate surface area is 103 Å². The van der Waals surface area contributed by atoms with Gasteiger partial charge in [-0.3, -0.25) is 4.79 Å². The summed E-state index contributed by atoms with van der Waals surface area (Å²) in [5, 5.41) is 9.18. The number of halogens is 6. The van der Waals surface area contributed by atoms with Crippen molar-refractivity contribution in [3.05, 3.63) is 35.4 Å². The molecule has 0 bridgehead atoms. The maximum Gasteiger partial charge on any atom is 0.430 e. The number of hydrogen-bond acceptors (Lipinski definition) is 2. The fraction of sp³-hybridized carbons (Fsp3) is 0.364. The van der Waals surface area contributed by atoms with Gasteiger partial charge in [0.05, 0.1) is 0 Å². The molecule has 0 heterocycles. The van der Waals surface area contributed by atoms with Gasteiger partial charge in [-0.15, -0.1) is 0 Å². The molecule has 0 spiro atoms. The highest BCUT2D eigenvalue weighted by Crippen LogP contribution is 2.50. The Kier molecular flexibility index (Phi) is 3.68. The van der Waals surface area contributed by atoms with Crippen LogP contribution in [0.15, 0.2) is 24.3 Å². The number of benzene rings is 1. The summed E-state index contributed by atoms with van der Waals surface area (Å²) in [4.78, 5) is 11.1. The van der Waals surface area contributed by atoms with E-state index in [1.54, 1.807) is 0 Å². The van der Waals surface area contributed by atoms with Crippen molar-refractivity contribution in [1.82, 2.24) is 0 Å². The van der Waals surface area contributed by atoms with Gasteiger partial charge in [-0.25, -0.2) is 0 Å². The molecule has 0 aliphatic carbocycles. The maximum absolute atomic E-state index is 12.6. The lowest BCUT2D eigenvalue weighted by Crippen LogP contribution is -2.54. The zero-order chi connectivity index (χ0) is 15.1. The van der Waals surface area contributed by atoms with Gasteiger partial charge < -0.3 is 5.11 Å². The minimum Gasteiger partial charge on any atom is -0.369 e. The van der Waals surface area contributed by atoms with Gasteiger partial charge in [0.15, 0.2) is 5.78 Å². The predicted molar refractivity (Wildman–Crippen MR) is 52.5 cm³/mol. The van der Waals surface area contributed by atoms with E-state index in [4.69, 9.17) is 0 Å². The standard InChI is InChI=1S/C11H8F6O2/c1-6(18)7-4-2-3-5-8(7)9(19,10(12,13)14)11(15,16)17/h2-5,19H,1H3. The van der Waals surface area contributed by atoms with Crippen LogP contribution >= 0.6 is 0 Å². The lowest BCUT2D eigenvalue weighted by molar-refractivity contribution is -0.376. The number of alkyl halides is 6. The second kappa shape index (κ2) is 4.52. The highest BCUT2D eigenvalue weighted by molar-refractivity contribution is 5.95. The number of carbonyl (C=O) groups is 1. The smallest absolute Gasteiger partial charge is 0.369 e. The lowest BCUT2D eigenvalue weighted by atomic mass is 9.87. The Morgan fingerprint density at radius 1 is 1.00 bits per heavy atom. The number of hydrogen-bond donors (Lipinski definition) is 1. The molecule has 1 N–H and O–H groups in total. The van der Waals surface area contributed by atoms with E-state index in [1.165, 1.54) is 0 Å². The van der Waals surface area contributed by atoms with E-state index in [0.717, 1.165) is 25.1 Å². The molecule has 0 aromatic heterocycles. The molecule has 0 aliphatic rings. The zero-order valence-corrected chi connectivity index (χ0v) is 9.43. The molecule has 1 rings (SSSR count). The number of aliphatic hydroxyl groups is 1. The van der Waals surface area contributed by atoms with Gasteiger partial charge in [-0.2, -0.15) is 26.3 Å². The quantitative estimate of drug-likeness (QED) is 0.669. The van der Waals surface area contributed by atoms with Crippen molar-refractivity contribution in [1.29, 1.82) is 0 Å². The summed E-state index contributed by atoms with van der Waals surface area (Å²) in [5.41, 5.74) is -7.44. The van der Waals surface area contributed by atoms with Crippen LogP contribution in [0.1, 0.15) is 22.8 Å². The van der Waals surface area contributed by atoms with E-state index in [0.29, 0.717) is 6.07 Å². The van der Waals surface area contributed by atoms with E-state index < -0.39 is 34.9 Å². The number of rotatable bonds is 2. The lowest BCUT2D eigenvalue weighted by Gasteiger charge is -2.33. The van der Waals surface area contributed by atoms with Gasteiger partial charge >= 0.3 is 12.4 Å². The molecule has 0 atom stereocenters. The molecule has 106 valence electrons. The van der Waals surface area contributed by atoms with Crippen LogP contribution in [-0.2, 0) is 5.60 Å². The van der Waals surface area contributed by atoms with E-state index >= 15 is 0 Å². The highest BCUT2D eigenvalue weighted by Gasteiger charge is 2.72. The fourth-order valence-corrected chi connectivity index (χ4v) is 1.57. The Morgan fingerprint density at radius 3 is 1.79 bits per heavy atom. The molecular formula is C11H8F6O2. The summed E-state index contributed by atoms with van der Waals surface area (Å²) in [6, 6.07) is 3.20. The summed E-state index contributed by atoms with van der Waals surface area (Å²) < 4.78 is 75.9. The topological polar surface area (TPSA) is 37.3 Å². The minimum atomic E-state index is -6.00. The molecular weight excluding hydrogens is 278 g/mol. The van der Waals surface area contributed by atoms with Crippen LogP contribution in [0.5, 0.6) is 0 Å². The van der Waals surface area contributed by atoms with Gasteiger partial charge in [0.1, 0.15) is 0 Å².